The molecule has 0 amide bonds. The minimum absolute atomic E-state index is 0.0436. The van der Waals surface area contributed by atoms with Crippen molar-refractivity contribution in [3.63, 3.8) is 0 Å². The van der Waals surface area contributed by atoms with Crippen LogP contribution in [0.5, 0.6) is 0 Å². The number of carbonyl (C=O) groups excluding carboxylic acids is 5. The zero-order chi connectivity index (χ0) is 40.1. The van der Waals surface area contributed by atoms with E-state index in [1.165, 1.54) is 128 Å². The second kappa shape index (κ2) is 37.3. The van der Waals surface area contributed by atoms with Crippen LogP contribution in [0.1, 0.15) is 226 Å². The summed E-state index contributed by atoms with van der Waals surface area (Å²) in [5.41, 5.74) is 0. The molecule has 0 heterocycles. The number of carbonyl (C=O) groups is 5. The van der Waals surface area contributed by atoms with Crippen LogP contribution in [0.2, 0.25) is 0 Å². The van der Waals surface area contributed by atoms with Gasteiger partial charge in [-0.1, -0.05) is 194 Å². The van der Waals surface area contributed by atoms with Gasteiger partial charge in [-0.05, 0) is 19.3 Å². The molecule has 0 aliphatic carbocycles. The molecule has 0 aromatic rings. The summed E-state index contributed by atoms with van der Waals surface area (Å²) in [7, 11) is 0. The molecular weight excluding hydrogens is 688 g/mol. The molecule has 316 valence electrons. The Hall–Kier alpha value is -2.65. The van der Waals surface area contributed by atoms with E-state index < -0.39 is 60.8 Å². The molecule has 0 aromatic carbocycles. The first-order chi connectivity index (χ1) is 26.1. The molecule has 0 fully saturated rings. The van der Waals surface area contributed by atoms with Crippen LogP contribution in [0.25, 0.3) is 0 Å². The molecule has 0 bridgehead atoms. The molecule has 0 N–H and O–H groups in total. The predicted octanol–water partition coefficient (Wildman–Crippen LogP) is 7.84. The Morgan fingerprint density at radius 3 is 1.04 bits per heavy atom. The van der Waals surface area contributed by atoms with E-state index >= 15 is 0 Å². The van der Waals surface area contributed by atoms with Crippen molar-refractivity contribution in [2.75, 3.05) is 6.61 Å². The molecule has 0 rings (SSSR count). The maximum absolute atomic E-state index is 12.7. The van der Waals surface area contributed by atoms with Gasteiger partial charge in [0.1, 0.15) is 12.7 Å². The van der Waals surface area contributed by atoms with E-state index in [-0.39, 0.29) is 12.8 Å². The zero-order valence-corrected chi connectivity index (χ0v) is 34.4. The molecule has 3 unspecified atom stereocenters. The standard InChI is InChI=1S/C44H80O10/c1-3-5-7-9-11-13-15-17-19-21-23-25-27-29-31-33-40(47)53-36-38(42(44(51)52)37(43(49)50)35-39(45)46)54-41(48)34-32-30-28-26-24-22-20-18-16-14-12-10-8-6-4-2/h37-38,42H,3-36H2,1-2H3,(H,45,46)(H,49,50)(H,51,52)/p-3. The topological polar surface area (TPSA) is 173 Å². The normalized spacial score (nSPS) is 12.9. The Balaban J connectivity index is 4.55. The summed E-state index contributed by atoms with van der Waals surface area (Å²) < 4.78 is 10.6. The van der Waals surface area contributed by atoms with Gasteiger partial charge in [-0.2, -0.15) is 0 Å². The number of aliphatic carboxylic acids is 3. The van der Waals surface area contributed by atoms with E-state index in [2.05, 4.69) is 13.8 Å². The number of carboxylic acids is 3. The van der Waals surface area contributed by atoms with Crippen LogP contribution >= 0.6 is 0 Å². The van der Waals surface area contributed by atoms with Gasteiger partial charge in [0.2, 0.25) is 0 Å². The Labute approximate surface area is 328 Å². The molecule has 0 radical (unpaired) electrons. The zero-order valence-electron chi connectivity index (χ0n) is 34.4. The van der Waals surface area contributed by atoms with Gasteiger partial charge in [-0.15, -0.1) is 0 Å². The first kappa shape index (κ1) is 51.4. The third-order valence-corrected chi connectivity index (χ3v) is 10.5. The third-order valence-electron chi connectivity index (χ3n) is 10.5. The summed E-state index contributed by atoms with van der Waals surface area (Å²) in [6, 6.07) is 0. The molecule has 0 aliphatic heterocycles. The predicted molar refractivity (Wildman–Crippen MR) is 207 cm³/mol. The summed E-state index contributed by atoms with van der Waals surface area (Å²) in [6.45, 7) is 3.73. The monoisotopic (exact) mass is 766 g/mol. The van der Waals surface area contributed by atoms with Crippen LogP contribution in [0.15, 0.2) is 0 Å². The number of hydrogen-bond acceptors (Lipinski definition) is 10. The van der Waals surface area contributed by atoms with Crippen LogP contribution in [0.3, 0.4) is 0 Å². The van der Waals surface area contributed by atoms with E-state index in [9.17, 15) is 39.3 Å². The van der Waals surface area contributed by atoms with Gasteiger partial charge < -0.3 is 39.2 Å². The lowest BCUT2D eigenvalue weighted by Crippen LogP contribution is -2.52. The van der Waals surface area contributed by atoms with Gasteiger partial charge in [0, 0.05) is 42.6 Å². The molecular formula is C44H77O10-3. The van der Waals surface area contributed by atoms with E-state index in [1.807, 2.05) is 0 Å². The third kappa shape index (κ3) is 31.7. The molecule has 54 heavy (non-hydrogen) atoms. The Morgan fingerprint density at radius 2 is 0.741 bits per heavy atom. The average Bonchev–Trinajstić information content (AvgIpc) is 3.13. The van der Waals surface area contributed by atoms with Crippen molar-refractivity contribution in [3.8, 4) is 0 Å². The molecule has 0 aromatic heterocycles. The van der Waals surface area contributed by atoms with Crippen LogP contribution in [-0.4, -0.2) is 42.6 Å². The van der Waals surface area contributed by atoms with Gasteiger partial charge in [-0.25, -0.2) is 0 Å². The highest BCUT2D eigenvalue weighted by molar-refractivity contribution is 5.82. The SMILES string of the molecule is CCCCCCCCCCCCCCCCCC(=O)OCC(OC(=O)CCCCCCCCCCCCCCCCC)C(C(=O)[O-])C(CC(=O)[O-])C(=O)[O-]. The number of carboxylic acid groups (broad SMARTS) is 3. The van der Waals surface area contributed by atoms with Crippen molar-refractivity contribution in [1.82, 2.24) is 0 Å². The van der Waals surface area contributed by atoms with E-state index in [0.29, 0.717) is 12.8 Å². The summed E-state index contributed by atoms with van der Waals surface area (Å²) in [5, 5.41) is 35.1. The second-order valence-corrected chi connectivity index (χ2v) is 15.5. The van der Waals surface area contributed by atoms with E-state index in [4.69, 9.17) is 9.47 Å². The Kier molecular flexibility index (Phi) is 35.5. The van der Waals surface area contributed by atoms with Crippen molar-refractivity contribution in [2.45, 2.75) is 232 Å². The van der Waals surface area contributed by atoms with Crippen molar-refractivity contribution < 1.29 is 48.8 Å². The minimum atomic E-state index is -2.11. The number of ether oxygens (including phenoxy) is 2. The van der Waals surface area contributed by atoms with Gasteiger partial charge >= 0.3 is 11.9 Å². The maximum atomic E-state index is 12.7. The summed E-state index contributed by atoms with van der Waals surface area (Å²) in [4.78, 5) is 60.3. The lowest BCUT2D eigenvalue weighted by Gasteiger charge is -2.34. The van der Waals surface area contributed by atoms with E-state index in [1.54, 1.807) is 0 Å². The molecule has 3 atom stereocenters. The van der Waals surface area contributed by atoms with Gasteiger partial charge in [0.15, 0.2) is 0 Å². The highest BCUT2D eigenvalue weighted by Gasteiger charge is 2.35. The average molecular weight is 766 g/mol. The van der Waals surface area contributed by atoms with Crippen molar-refractivity contribution in [1.29, 1.82) is 0 Å². The molecule has 0 saturated heterocycles. The molecule has 0 aliphatic rings. The van der Waals surface area contributed by atoms with E-state index in [0.717, 1.165) is 51.4 Å². The van der Waals surface area contributed by atoms with Crippen LogP contribution in [0.4, 0.5) is 0 Å². The van der Waals surface area contributed by atoms with Crippen molar-refractivity contribution >= 4 is 29.8 Å². The molecule has 10 heteroatoms. The Morgan fingerprint density at radius 1 is 0.426 bits per heavy atom. The fraction of sp³-hybridized carbons (Fsp3) is 0.886. The van der Waals surface area contributed by atoms with Gasteiger partial charge in [0.05, 0.1) is 0 Å². The smallest absolute Gasteiger partial charge is 0.306 e. The van der Waals surface area contributed by atoms with Crippen LogP contribution in [-0.2, 0) is 33.4 Å². The Bertz CT molecular complexity index is 952. The summed E-state index contributed by atoms with van der Waals surface area (Å²) in [6.07, 6.45) is 32.0. The van der Waals surface area contributed by atoms with Crippen LogP contribution in [0, 0.1) is 11.8 Å². The molecule has 10 nitrogen and oxygen atoms in total. The fourth-order valence-corrected chi connectivity index (χ4v) is 7.08. The molecule has 0 spiro atoms. The first-order valence-corrected chi connectivity index (χ1v) is 22.1. The largest absolute Gasteiger partial charge is 0.550 e. The number of unbranched alkanes of at least 4 members (excludes halogenated alkanes) is 28. The minimum Gasteiger partial charge on any atom is -0.550 e. The highest BCUT2D eigenvalue weighted by atomic mass is 16.6. The first-order valence-electron chi connectivity index (χ1n) is 22.1. The number of rotatable bonds is 41. The fourth-order valence-electron chi connectivity index (χ4n) is 7.08. The van der Waals surface area contributed by atoms with Gasteiger partial charge in [0.25, 0.3) is 0 Å². The number of esters is 2. The maximum Gasteiger partial charge on any atom is 0.306 e. The number of hydrogen-bond donors (Lipinski definition) is 0. The second-order valence-electron chi connectivity index (χ2n) is 15.5. The summed E-state index contributed by atoms with van der Waals surface area (Å²) >= 11 is 0. The summed E-state index contributed by atoms with van der Waals surface area (Å²) in [5.74, 6) is -11.4. The lowest BCUT2D eigenvalue weighted by molar-refractivity contribution is -0.334. The van der Waals surface area contributed by atoms with Crippen molar-refractivity contribution in [3.05, 3.63) is 0 Å². The quantitative estimate of drug-likeness (QED) is 0.0441. The van der Waals surface area contributed by atoms with Gasteiger partial charge in [-0.3, -0.25) is 9.59 Å². The van der Waals surface area contributed by atoms with Crippen LogP contribution < -0.4 is 15.3 Å². The molecule has 0 saturated carbocycles. The lowest BCUT2D eigenvalue weighted by atomic mass is 9.85. The van der Waals surface area contributed by atoms with Crippen molar-refractivity contribution in [2.24, 2.45) is 11.8 Å². The highest BCUT2D eigenvalue weighted by Crippen LogP contribution is 2.24.